The number of hydrazine groups is 1. The van der Waals surface area contributed by atoms with Crippen LogP contribution in [0, 0.1) is 0 Å². The number of anilines is 1. The molecule has 2 atom stereocenters. The van der Waals surface area contributed by atoms with Crippen LogP contribution < -0.4 is 19.6 Å². The summed E-state index contributed by atoms with van der Waals surface area (Å²) in [6.07, 6.45) is 4.62. The predicted octanol–water partition coefficient (Wildman–Crippen LogP) is 3.13. The first kappa shape index (κ1) is 23.2. The van der Waals surface area contributed by atoms with Crippen LogP contribution in [0.25, 0.3) is 5.69 Å². The number of nitrogens with one attached hydrogen (secondary N) is 2. The fourth-order valence-corrected chi connectivity index (χ4v) is 4.14. The van der Waals surface area contributed by atoms with Crippen molar-refractivity contribution in [1.29, 1.82) is 0 Å². The summed E-state index contributed by atoms with van der Waals surface area (Å²) in [5, 5.41) is 21.6. The van der Waals surface area contributed by atoms with Gasteiger partial charge in [0.15, 0.2) is 5.82 Å². The molecule has 1 aliphatic heterocycles. The first-order chi connectivity index (χ1) is 16.0. The van der Waals surface area contributed by atoms with Crippen molar-refractivity contribution >= 4 is 29.5 Å². The summed E-state index contributed by atoms with van der Waals surface area (Å²) in [6, 6.07) is 8.73. The van der Waals surface area contributed by atoms with Gasteiger partial charge in [-0.2, -0.15) is 0 Å². The van der Waals surface area contributed by atoms with E-state index in [0.717, 1.165) is 0 Å². The van der Waals surface area contributed by atoms with Crippen LogP contribution in [0.15, 0.2) is 48.8 Å². The van der Waals surface area contributed by atoms with Crippen molar-refractivity contribution in [2.45, 2.75) is 12.1 Å². The largest absolute Gasteiger partial charge is 0.494 e. The smallest absolute Gasteiger partial charge is 0.239 e. The zero-order chi connectivity index (χ0) is 23.4. The Bertz CT molecular complexity index is 1100. The molecule has 174 valence electrons. The summed E-state index contributed by atoms with van der Waals surface area (Å²) < 4.78 is 16.3. The Hall–Kier alpha value is -2.99. The lowest BCUT2D eigenvalue weighted by Crippen LogP contribution is -2.28. The summed E-state index contributed by atoms with van der Waals surface area (Å²) in [5.74, 6) is 2.62. The number of hydrogen-bond acceptors (Lipinski definition) is 10. The summed E-state index contributed by atoms with van der Waals surface area (Å²) in [6.45, 7) is 0. The highest BCUT2D eigenvalue weighted by Gasteiger charge is 2.27. The molecule has 0 spiro atoms. The SMILES string of the molecule is COc1cccc(OC)c1-n1c(NSCC(O)c2ccc(Cl)cn2)nnc1C1C=CN(C)N1. The van der Waals surface area contributed by atoms with Gasteiger partial charge in [-0.3, -0.25) is 14.3 Å². The number of nitrogens with zero attached hydrogens (tertiary/aromatic N) is 5. The Morgan fingerprint density at radius 3 is 2.58 bits per heavy atom. The molecular formula is C21H24ClN7O3S. The van der Waals surface area contributed by atoms with E-state index in [2.05, 4.69) is 25.3 Å². The molecule has 0 saturated heterocycles. The van der Waals surface area contributed by atoms with E-state index in [1.54, 1.807) is 26.4 Å². The van der Waals surface area contributed by atoms with Crippen molar-refractivity contribution in [3.05, 3.63) is 65.3 Å². The zero-order valence-electron chi connectivity index (χ0n) is 18.3. The second-order valence-electron chi connectivity index (χ2n) is 7.12. The molecule has 2 aromatic heterocycles. The van der Waals surface area contributed by atoms with Crippen LogP contribution in [0.1, 0.15) is 23.7 Å². The Morgan fingerprint density at radius 1 is 1.21 bits per heavy atom. The zero-order valence-corrected chi connectivity index (χ0v) is 19.8. The number of halogens is 1. The van der Waals surface area contributed by atoms with Crippen LogP contribution >= 0.6 is 23.5 Å². The topological polar surface area (TPSA) is 110 Å². The van der Waals surface area contributed by atoms with Gasteiger partial charge in [0, 0.05) is 25.2 Å². The third-order valence-corrected chi connectivity index (χ3v) is 5.97. The molecule has 0 amide bonds. The van der Waals surface area contributed by atoms with Gasteiger partial charge in [-0.05, 0) is 42.3 Å². The monoisotopic (exact) mass is 489 g/mol. The average Bonchev–Trinajstić information content (AvgIpc) is 3.44. The normalized spacial score (nSPS) is 16.2. The fraction of sp³-hybridized carbons (Fsp3) is 0.286. The lowest BCUT2D eigenvalue weighted by Gasteiger charge is -2.20. The molecule has 2 unspecified atom stereocenters. The summed E-state index contributed by atoms with van der Waals surface area (Å²) in [4.78, 5) is 4.17. The molecule has 3 heterocycles. The highest BCUT2D eigenvalue weighted by Crippen LogP contribution is 2.37. The number of aliphatic hydroxyl groups is 1. The third kappa shape index (κ3) is 5.01. The predicted molar refractivity (Wildman–Crippen MR) is 128 cm³/mol. The summed E-state index contributed by atoms with van der Waals surface area (Å²) >= 11 is 7.16. The molecule has 10 nitrogen and oxygen atoms in total. The van der Waals surface area contributed by atoms with E-state index in [1.807, 2.05) is 47.1 Å². The highest BCUT2D eigenvalue weighted by atomic mass is 35.5. The number of rotatable bonds is 9. The number of ether oxygens (including phenoxy) is 2. The molecule has 1 aromatic carbocycles. The van der Waals surface area contributed by atoms with Crippen LogP contribution in [-0.4, -0.2) is 56.9 Å². The standard InChI is InChI=1S/C21H24ClN7O3S/c1-28-10-9-15(26-28)20-24-25-21(27-33-12-16(30)14-8-7-13(22)11-23-14)29(20)19-17(31-2)5-4-6-18(19)32-3/h4-11,15-16,26,30H,12H2,1-3H3,(H,25,27). The molecule has 3 aromatic rings. The van der Waals surface area contributed by atoms with E-state index < -0.39 is 6.10 Å². The number of benzene rings is 1. The van der Waals surface area contributed by atoms with Crippen molar-refractivity contribution in [1.82, 2.24) is 30.2 Å². The fourth-order valence-electron chi connectivity index (χ4n) is 3.36. The molecule has 4 rings (SSSR count). The maximum absolute atomic E-state index is 10.5. The molecule has 0 fully saturated rings. The molecule has 1 aliphatic rings. The van der Waals surface area contributed by atoms with Crippen molar-refractivity contribution in [2.24, 2.45) is 0 Å². The van der Waals surface area contributed by atoms with Crippen LogP contribution in [0.4, 0.5) is 5.95 Å². The minimum Gasteiger partial charge on any atom is -0.494 e. The van der Waals surface area contributed by atoms with Crippen molar-refractivity contribution in [3.8, 4) is 17.2 Å². The maximum atomic E-state index is 10.5. The molecule has 12 heteroatoms. The quantitative estimate of drug-likeness (QED) is 0.388. The first-order valence-corrected chi connectivity index (χ1v) is 11.4. The molecule has 3 N–H and O–H groups in total. The maximum Gasteiger partial charge on any atom is 0.239 e. The number of aliphatic hydroxyl groups excluding tert-OH is 1. The van der Waals surface area contributed by atoms with Gasteiger partial charge in [-0.15, -0.1) is 10.2 Å². The molecule has 0 bridgehead atoms. The van der Waals surface area contributed by atoms with Crippen LogP contribution in [0.5, 0.6) is 11.5 Å². The van der Waals surface area contributed by atoms with Crippen molar-refractivity contribution < 1.29 is 14.6 Å². The van der Waals surface area contributed by atoms with E-state index >= 15 is 0 Å². The van der Waals surface area contributed by atoms with E-state index in [-0.39, 0.29) is 6.04 Å². The summed E-state index contributed by atoms with van der Waals surface area (Å²) in [5.41, 5.74) is 4.49. The van der Waals surface area contributed by atoms with Crippen molar-refractivity contribution in [3.63, 3.8) is 0 Å². The van der Waals surface area contributed by atoms with Gasteiger partial charge in [-0.25, -0.2) is 5.43 Å². The van der Waals surface area contributed by atoms with E-state index in [0.29, 0.717) is 45.4 Å². The van der Waals surface area contributed by atoms with Crippen LogP contribution in [-0.2, 0) is 0 Å². The van der Waals surface area contributed by atoms with E-state index in [9.17, 15) is 5.11 Å². The Labute approximate surface area is 200 Å². The second kappa shape index (κ2) is 10.3. The van der Waals surface area contributed by atoms with Gasteiger partial charge in [0.25, 0.3) is 0 Å². The second-order valence-corrected chi connectivity index (χ2v) is 8.38. The summed E-state index contributed by atoms with van der Waals surface area (Å²) in [7, 11) is 5.10. The van der Waals surface area contributed by atoms with Gasteiger partial charge >= 0.3 is 0 Å². The number of para-hydroxylation sites is 1. The molecule has 0 aliphatic carbocycles. The lowest BCUT2D eigenvalue weighted by atomic mass is 10.2. The van der Waals surface area contributed by atoms with Crippen molar-refractivity contribution in [2.75, 3.05) is 31.7 Å². The first-order valence-electron chi connectivity index (χ1n) is 10.0. The van der Waals surface area contributed by atoms with Gasteiger partial charge in [0.2, 0.25) is 5.95 Å². The minimum absolute atomic E-state index is 0.207. The van der Waals surface area contributed by atoms with E-state index in [4.69, 9.17) is 21.1 Å². The molecule has 0 saturated carbocycles. The number of methoxy groups -OCH3 is 2. The Balaban J connectivity index is 1.63. The van der Waals surface area contributed by atoms with Crippen LogP contribution in [0.2, 0.25) is 5.02 Å². The number of hydrogen-bond donors (Lipinski definition) is 3. The highest BCUT2D eigenvalue weighted by molar-refractivity contribution is 8.00. The van der Waals surface area contributed by atoms with Gasteiger partial charge in [0.1, 0.15) is 29.3 Å². The number of pyridine rings is 1. The van der Waals surface area contributed by atoms with Gasteiger partial charge in [0.05, 0.1) is 24.9 Å². The molecule has 0 radical (unpaired) electrons. The minimum atomic E-state index is -0.788. The molecular weight excluding hydrogens is 466 g/mol. The van der Waals surface area contributed by atoms with E-state index in [1.165, 1.54) is 18.1 Å². The lowest BCUT2D eigenvalue weighted by molar-refractivity contribution is 0.199. The Morgan fingerprint density at radius 2 is 1.97 bits per heavy atom. The van der Waals surface area contributed by atoms with Gasteiger partial charge in [-0.1, -0.05) is 17.7 Å². The van der Waals surface area contributed by atoms with Crippen LogP contribution in [0.3, 0.4) is 0 Å². The number of aromatic nitrogens is 4. The Kier molecular flexibility index (Phi) is 7.23. The molecule has 33 heavy (non-hydrogen) atoms. The third-order valence-electron chi connectivity index (χ3n) is 4.93. The van der Waals surface area contributed by atoms with Gasteiger partial charge < -0.3 is 19.6 Å². The average molecular weight is 490 g/mol.